The molecular weight excluding hydrogens is 266 g/mol. The van der Waals surface area contributed by atoms with E-state index in [4.69, 9.17) is 16.0 Å². The fraction of sp³-hybridized carbons (Fsp3) is 0.143. The molecule has 0 saturated carbocycles. The van der Waals surface area contributed by atoms with Crippen LogP contribution in [-0.2, 0) is 6.54 Å². The van der Waals surface area contributed by atoms with E-state index >= 15 is 0 Å². The third-order valence-electron chi connectivity index (χ3n) is 3.13. The summed E-state index contributed by atoms with van der Waals surface area (Å²) >= 11 is 6.02. The van der Waals surface area contributed by atoms with E-state index in [2.05, 4.69) is 0 Å². The first-order valence-electron chi connectivity index (χ1n) is 5.88. The molecule has 0 saturated heterocycles. The number of rotatable bonds is 1. The van der Waals surface area contributed by atoms with Crippen molar-refractivity contribution in [3.63, 3.8) is 0 Å². The van der Waals surface area contributed by atoms with Crippen molar-refractivity contribution in [2.24, 2.45) is 0 Å². The van der Waals surface area contributed by atoms with Crippen LogP contribution in [0.15, 0.2) is 44.3 Å². The predicted molar refractivity (Wildman–Crippen MR) is 74.9 cm³/mol. The lowest BCUT2D eigenvalue weighted by Gasteiger charge is -2.10. The summed E-state index contributed by atoms with van der Waals surface area (Å²) in [4.78, 5) is 23.9. The van der Waals surface area contributed by atoms with Crippen molar-refractivity contribution in [2.45, 2.75) is 13.5 Å². The average molecular weight is 276 g/mol. The molecule has 0 N–H and O–H groups in total. The lowest BCUT2D eigenvalue weighted by molar-refractivity contribution is 0.562. The SMILES string of the molecule is CCn1c(=O)c2c(Cl)cc(=O)oc2c2ccccc21. The lowest BCUT2D eigenvalue weighted by Crippen LogP contribution is -2.21. The van der Waals surface area contributed by atoms with Gasteiger partial charge in [-0.25, -0.2) is 4.79 Å². The summed E-state index contributed by atoms with van der Waals surface area (Å²) in [6, 6.07) is 8.42. The molecule has 0 aliphatic heterocycles. The number of nitrogens with zero attached hydrogens (tertiary/aromatic N) is 1. The Bertz CT molecular complexity index is 908. The predicted octanol–water partition coefficient (Wildman–Crippen LogP) is 2.78. The second-order valence-corrected chi connectivity index (χ2v) is 4.59. The van der Waals surface area contributed by atoms with Gasteiger partial charge in [0.1, 0.15) is 5.39 Å². The van der Waals surface area contributed by atoms with Crippen LogP contribution in [0.25, 0.3) is 21.9 Å². The van der Waals surface area contributed by atoms with E-state index in [0.29, 0.717) is 11.9 Å². The summed E-state index contributed by atoms with van der Waals surface area (Å²) in [6.45, 7) is 2.40. The molecule has 0 amide bonds. The van der Waals surface area contributed by atoms with E-state index in [-0.39, 0.29) is 21.6 Å². The largest absolute Gasteiger partial charge is 0.422 e. The molecule has 0 fully saturated rings. The molecule has 0 bridgehead atoms. The number of aryl methyl sites for hydroxylation is 1. The van der Waals surface area contributed by atoms with Crippen LogP contribution in [0.3, 0.4) is 0 Å². The molecular formula is C14H10ClNO3. The van der Waals surface area contributed by atoms with Crippen LogP contribution in [0, 0.1) is 0 Å². The number of pyridine rings is 1. The standard InChI is InChI=1S/C14H10ClNO3/c1-2-16-10-6-4-3-5-8(10)13-12(14(16)18)9(15)7-11(17)19-13/h3-7H,2H2,1H3. The molecule has 3 aromatic rings. The monoisotopic (exact) mass is 275 g/mol. The number of aromatic nitrogens is 1. The number of para-hydroxylation sites is 1. The fourth-order valence-corrected chi connectivity index (χ4v) is 2.57. The van der Waals surface area contributed by atoms with Gasteiger partial charge in [-0.2, -0.15) is 0 Å². The number of halogens is 1. The Morgan fingerprint density at radius 3 is 2.74 bits per heavy atom. The molecule has 0 aliphatic rings. The first-order chi connectivity index (χ1) is 9.13. The maximum atomic E-state index is 12.4. The zero-order valence-corrected chi connectivity index (χ0v) is 10.9. The average Bonchev–Trinajstić information content (AvgIpc) is 2.38. The smallest absolute Gasteiger partial charge is 0.337 e. The van der Waals surface area contributed by atoms with Gasteiger partial charge in [0.15, 0.2) is 5.58 Å². The van der Waals surface area contributed by atoms with Crippen molar-refractivity contribution in [1.82, 2.24) is 4.57 Å². The van der Waals surface area contributed by atoms with Gasteiger partial charge in [-0.3, -0.25) is 4.79 Å². The van der Waals surface area contributed by atoms with Crippen LogP contribution in [0.4, 0.5) is 0 Å². The van der Waals surface area contributed by atoms with Gasteiger partial charge in [0.2, 0.25) is 0 Å². The molecule has 0 aliphatic carbocycles. The molecule has 1 aromatic carbocycles. The molecule has 0 spiro atoms. The highest BCUT2D eigenvalue weighted by atomic mass is 35.5. The van der Waals surface area contributed by atoms with Gasteiger partial charge in [0.25, 0.3) is 5.56 Å². The van der Waals surface area contributed by atoms with Crippen LogP contribution in [0.2, 0.25) is 5.02 Å². The first-order valence-corrected chi connectivity index (χ1v) is 6.26. The Labute approximate surface area is 112 Å². The zero-order chi connectivity index (χ0) is 13.6. The molecule has 4 nitrogen and oxygen atoms in total. The first kappa shape index (κ1) is 12.0. The van der Waals surface area contributed by atoms with Crippen LogP contribution < -0.4 is 11.2 Å². The fourth-order valence-electron chi connectivity index (χ4n) is 2.31. The minimum absolute atomic E-state index is 0.129. The van der Waals surface area contributed by atoms with E-state index in [1.165, 1.54) is 0 Å². The summed E-state index contributed by atoms with van der Waals surface area (Å²) in [6.07, 6.45) is 0. The summed E-state index contributed by atoms with van der Waals surface area (Å²) in [5.41, 5.74) is 0.178. The topological polar surface area (TPSA) is 52.2 Å². The molecule has 96 valence electrons. The van der Waals surface area contributed by atoms with Crippen LogP contribution in [0.5, 0.6) is 0 Å². The van der Waals surface area contributed by atoms with Gasteiger partial charge in [-0.05, 0) is 19.1 Å². The number of benzene rings is 1. The minimum Gasteiger partial charge on any atom is -0.422 e. The highest BCUT2D eigenvalue weighted by molar-refractivity contribution is 6.35. The van der Waals surface area contributed by atoms with Crippen molar-refractivity contribution >= 4 is 33.5 Å². The van der Waals surface area contributed by atoms with E-state index < -0.39 is 5.63 Å². The summed E-state index contributed by atoms with van der Waals surface area (Å²) in [5.74, 6) is 0. The second-order valence-electron chi connectivity index (χ2n) is 4.18. The van der Waals surface area contributed by atoms with Crippen molar-refractivity contribution < 1.29 is 4.42 Å². The normalized spacial score (nSPS) is 11.3. The van der Waals surface area contributed by atoms with Crippen molar-refractivity contribution in [2.75, 3.05) is 0 Å². The van der Waals surface area contributed by atoms with Crippen LogP contribution in [0.1, 0.15) is 6.92 Å². The zero-order valence-electron chi connectivity index (χ0n) is 10.1. The number of hydrogen-bond donors (Lipinski definition) is 0. The maximum absolute atomic E-state index is 12.4. The molecule has 2 heterocycles. The highest BCUT2D eigenvalue weighted by Gasteiger charge is 2.15. The minimum atomic E-state index is -0.559. The Kier molecular flexibility index (Phi) is 2.68. The Morgan fingerprint density at radius 1 is 1.26 bits per heavy atom. The van der Waals surface area contributed by atoms with Crippen molar-refractivity contribution in [3.05, 3.63) is 56.1 Å². The third kappa shape index (κ3) is 1.68. The van der Waals surface area contributed by atoms with Gasteiger partial charge >= 0.3 is 5.63 Å². The molecule has 5 heteroatoms. The van der Waals surface area contributed by atoms with Crippen molar-refractivity contribution in [3.8, 4) is 0 Å². The highest BCUT2D eigenvalue weighted by Crippen LogP contribution is 2.25. The van der Waals surface area contributed by atoms with Crippen LogP contribution >= 0.6 is 11.6 Å². The van der Waals surface area contributed by atoms with Gasteiger partial charge in [0.05, 0.1) is 10.5 Å². The molecule has 19 heavy (non-hydrogen) atoms. The Morgan fingerprint density at radius 2 is 2.00 bits per heavy atom. The van der Waals surface area contributed by atoms with E-state index in [1.807, 2.05) is 31.2 Å². The lowest BCUT2D eigenvalue weighted by atomic mass is 10.1. The van der Waals surface area contributed by atoms with Gasteiger partial charge in [-0.1, -0.05) is 23.7 Å². The van der Waals surface area contributed by atoms with Gasteiger partial charge in [-0.15, -0.1) is 0 Å². The molecule has 2 aromatic heterocycles. The molecule has 0 atom stereocenters. The van der Waals surface area contributed by atoms with Crippen LogP contribution in [-0.4, -0.2) is 4.57 Å². The molecule has 0 radical (unpaired) electrons. The van der Waals surface area contributed by atoms with Gasteiger partial charge < -0.3 is 8.98 Å². The van der Waals surface area contributed by atoms with Crippen molar-refractivity contribution in [1.29, 1.82) is 0 Å². The number of fused-ring (bicyclic) bond motifs is 3. The summed E-state index contributed by atoms with van der Waals surface area (Å²) in [7, 11) is 0. The quantitative estimate of drug-likeness (QED) is 0.642. The number of hydrogen-bond acceptors (Lipinski definition) is 3. The Balaban J connectivity index is 2.75. The third-order valence-corrected chi connectivity index (χ3v) is 3.43. The van der Waals surface area contributed by atoms with E-state index in [9.17, 15) is 9.59 Å². The Hall–Kier alpha value is -2.07. The summed E-state index contributed by atoms with van der Waals surface area (Å²) < 4.78 is 6.80. The maximum Gasteiger partial charge on any atom is 0.337 e. The van der Waals surface area contributed by atoms with E-state index in [1.54, 1.807) is 4.57 Å². The van der Waals surface area contributed by atoms with E-state index in [0.717, 1.165) is 11.6 Å². The van der Waals surface area contributed by atoms with Gasteiger partial charge in [0, 0.05) is 18.0 Å². The summed E-state index contributed by atoms with van der Waals surface area (Å²) in [5, 5.41) is 1.09. The second kappa shape index (κ2) is 4.24. The molecule has 3 rings (SSSR count). The molecule has 0 unspecified atom stereocenters.